The second kappa shape index (κ2) is 6.01. The monoisotopic (exact) mass is 306 g/mol. The largest absolute Gasteiger partial charge is 0.486 e. The standard InChI is InChI=1S/C14H14N2O4S/c1-8-10(3)21-14(15-8)7-20-13-5-4-11(16(18)19)6-12(13)9(2)17/h4-6H,7H2,1-3H3. The molecular formula is C14H14N2O4S. The van der Waals surface area contributed by atoms with Crippen molar-refractivity contribution in [3.8, 4) is 5.75 Å². The summed E-state index contributed by atoms with van der Waals surface area (Å²) in [5, 5.41) is 11.6. The molecule has 0 saturated heterocycles. The van der Waals surface area contributed by atoms with E-state index in [1.165, 1.54) is 36.5 Å². The van der Waals surface area contributed by atoms with Crippen LogP contribution in [0.2, 0.25) is 0 Å². The first-order valence-electron chi connectivity index (χ1n) is 6.23. The molecule has 0 radical (unpaired) electrons. The second-order valence-electron chi connectivity index (χ2n) is 4.53. The average molecular weight is 306 g/mol. The van der Waals surface area contributed by atoms with Gasteiger partial charge in [0.2, 0.25) is 0 Å². The Labute approximate surface area is 125 Å². The predicted molar refractivity (Wildman–Crippen MR) is 79.0 cm³/mol. The van der Waals surface area contributed by atoms with Crippen LogP contribution in [0.25, 0.3) is 0 Å². The molecule has 1 heterocycles. The number of Topliss-reactive ketones (excluding diaryl/α,β-unsaturated/α-hetero) is 1. The number of carbonyl (C=O) groups is 1. The Bertz CT molecular complexity index is 689. The van der Waals surface area contributed by atoms with Gasteiger partial charge in [-0.1, -0.05) is 0 Å². The molecule has 0 amide bonds. The number of aromatic nitrogens is 1. The lowest BCUT2D eigenvalue weighted by atomic mass is 10.1. The lowest BCUT2D eigenvalue weighted by Crippen LogP contribution is -2.02. The predicted octanol–water partition coefficient (Wildman–Crippen LogP) is 3.45. The van der Waals surface area contributed by atoms with Gasteiger partial charge < -0.3 is 4.74 Å². The Kier molecular flexibility index (Phi) is 4.32. The van der Waals surface area contributed by atoms with Gasteiger partial charge in [-0.15, -0.1) is 11.3 Å². The normalized spacial score (nSPS) is 10.4. The fourth-order valence-electron chi connectivity index (χ4n) is 1.77. The fourth-order valence-corrected chi connectivity index (χ4v) is 2.62. The van der Waals surface area contributed by atoms with Crippen molar-refractivity contribution in [2.24, 2.45) is 0 Å². The molecule has 0 N–H and O–H groups in total. The number of hydrogen-bond acceptors (Lipinski definition) is 6. The minimum Gasteiger partial charge on any atom is -0.486 e. The molecule has 0 atom stereocenters. The smallest absolute Gasteiger partial charge is 0.270 e. The molecule has 0 aliphatic rings. The van der Waals surface area contributed by atoms with E-state index in [0.29, 0.717) is 5.75 Å². The van der Waals surface area contributed by atoms with Crippen LogP contribution in [-0.4, -0.2) is 15.7 Å². The van der Waals surface area contributed by atoms with Gasteiger partial charge in [0, 0.05) is 17.0 Å². The van der Waals surface area contributed by atoms with Gasteiger partial charge in [0.05, 0.1) is 16.2 Å². The van der Waals surface area contributed by atoms with Gasteiger partial charge in [0.1, 0.15) is 17.4 Å². The van der Waals surface area contributed by atoms with Gasteiger partial charge in [-0.3, -0.25) is 14.9 Å². The molecule has 7 heteroatoms. The maximum atomic E-state index is 11.6. The highest BCUT2D eigenvalue weighted by Crippen LogP contribution is 2.26. The molecule has 0 fully saturated rings. The number of hydrogen-bond donors (Lipinski definition) is 0. The lowest BCUT2D eigenvalue weighted by Gasteiger charge is -2.08. The number of aryl methyl sites for hydroxylation is 2. The molecule has 21 heavy (non-hydrogen) atoms. The summed E-state index contributed by atoms with van der Waals surface area (Å²) < 4.78 is 5.59. The van der Waals surface area contributed by atoms with Gasteiger partial charge in [-0.05, 0) is 26.8 Å². The van der Waals surface area contributed by atoms with Crippen LogP contribution in [0.15, 0.2) is 18.2 Å². The van der Waals surface area contributed by atoms with E-state index in [1.54, 1.807) is 0 Å². The summed E-state index contributed by atoms with van der Waals surface area (Å²) >= 11 is 1.53. The molecule has 0 bridgehead atoms. The zero-order valence-corrected chi connectivity index (χ0v) is 12.7. The Balaban J connectivity index is 2.23. The number of rotatable bonds is 5. The molecule has 0 aliphatic heterocycles. The van der Waals surface area contributed by atoms with E-state index in [0.717, 1.165) is 15.6 Å². The van der Waals surface area contributed by atoms with Gasteiger partial charge in [-0.25, -0.2) is 4.98 Å². The average Bonchev–Trinajstić information content (AvgIpc) is 2.75. The molecule has 0 spiro atoms. The molecule has 0 saturated carbocycles. The van der Waals surface area contributed by atoms with Gasteiger partial charge in [0.15, 0.2) is 5.78 Å². The van der Waals surface area contributed by atoms with Crippen molar-refractivity contribution in [2.75, 3.05) is 0 Å². The Morgan fingerprint density at radius 3 is 2.67 bits per heavy atom. The first-order valence-corrected chi connectivity index (χ1v) is 7.05. The molecule has 110 valence electrons. The summed E-state index contributed by atoms with van der Waals surface area (Å²) in [6.45, 7) is 5.48. The van der Waals surface area contributed by atoms with Crippen LogP contribution in [-0.2, 0) is 6.61 Å². The zero-order chi connectivity index (χ0) is 15.6. The number of nitro groups is 1. The molecule has 2 aromatic rings. The number of ketones is 1. The fraction of sp³-hybridized carbons (Fsp3) is 0.286. The SMILES string of the molecule is CC(=O)c1cc([N+](=O)[O-])ccc1OCc1nc(C)c(C)s1. The van der Waals surface area contributed by atoms with Crippen molar-refractivity contribution in [1.82, 2.24) is 4.98 Å². The summed E-state index contributed by atoms with van der Waals surface area (Å²) in [6, 6.07) is 4.00. The van der Waals surface area contributed by atoms with Crippen LogP contribution in [0.3, 0.4) is 0 Å². The molecule has 6 nitrogen and oxygen atoms in total. The molecule has 1 aromatic carbocycles. The third kappa shape index (κ3) is 3.43. The first kappa shape index (κ1) is 15.1. The maximum absolute atomic E-state index is 11.6. The molecule has 1 aromatic heterocycles. The number of carbonyl (C=O) groups excluding carboxylic acids is 1. The van der Waals surface area contributed by atoms with Crippen LogP contribution in [0.1, 0.15) is 32.9 Å². The lowest BCUT2D eigenvalue weighted by molar-refractivity contribution is -0.384. The van der Waals surface area contributed by atoms with E-state index in [2.05, 4.69) is 4.98 Å². The molecule has 0 unspecified atom stereocenters. The first-order chi connectivity index (χ1) is 9.88. The van der Waals surface area contributed by atoms with Crippen molar-refractivity contribution in [3.63, 3.8) is 0 Å². The van der Waals surface area contributed by atoms with E-state index < -0.39 is 4.92 Å². The highest BCUT2D eigenvalue weighted by Gasteiger charge is 2.15. The van der Waals surface area contributed by atoms with Crippen molar-refractivity contribution in [1.29, 1.82) is 0 Å². The summed E-state index contributed by atoms with van der Waals surface area (Å²) in [6.07, 6.45) is 0. The molecule has 0 aliphatic carbocycles. The third-order valence-corrected chi connectivity index (χ3v) is 4.02. The van der Waals surface area contributed by atoms with Gasteiger partial charge >= 0.3 is 0 Å². The van der Waals surface area contributed by atoms with E-state index >= 15 is 0 Å². The Morgan fingerprint density at radius 1 is 1.43 bits per heavy atom. The minimum atomic E-state index is -0.538. The molecule has 2 rings (SSSR count). The van der Waals surface area contributed by atoms with Crippen LogP contribution in [0.5, 0.6) is 5.75 Å². The topological polar surface area (TPSA) is 82.3 Å². The number of nitrogens with zero attached hydrogens (tertiary/aromatic N) is 2. The Morgan fingerprint density at radius 2 is 2.14 bits per heavy atom. The third-order valence-electron chi connectivity index (χ3n) is 2.98. The van der Waals surface area contributed by atoms with Crippen LogP contribution < -0.4 is 4.74 Å². The minimum absolute atomic E-state index is 0.131. The second-order valence-corrected chi connectivity index (χ2v) is 5.82. The van der Waals surface area contributed by atoms with E-state index in [9.17, 15) is 14.9 Å². The summed E-state index contributed by atoms with van der Waals surface area (Å²) in [7, 11) is 0. The summed E-state index contributed by atoms with van der Waals surface area (Å²) in [5.41, 5.74) is 1.02. The van der Waals surface area contributed by atoms with E-state index in [4.69, 9.17) is 4.74 Å². The number of thiazole rings is 1. The maximum Gasteiger partial charge on any atom is 0.270 e. The Hall–Kier alpha value is -2.28. The van der Waals surface area contributed by atoms with Crippen molar-refractivity contribution < 1.29 is 14.5 Å². The van der Waals surface area contributed by atoms with Gasteiger partial charge in [0.25, 0.3) is 5.69 Å². The van der Waals surface area contributed by atoms with Crippen LogP contribution in [0.4, 0.5) is 5.69 Å². The van der Waals surface area contributed by atoms with Crippen LogP contribution >= 0.6 is 11.3 Å². The molecular weight excluding hydrogens is 292 g/mol. The highest BCUT2D eigenvalue weighted by molar-refractivity contribution is 7.11. The highest BCUT2D eigenvalue weighted by atomic mass is 32.1. The van der Waals surface area contributed by atoms with Crippen molar-refractivity contribution in [3.05, 3.63) is 49.5 Å². The number of nitro benzene ring substituents is 1. The van der Waals surface area contributed by atoms with Crippen LogP contribution in [0, 0.1) is 24.0 Å². The van der Waals surface area contributed by atoms with Gasteiger partial charge in [-0.2, -0.15) is 0 Å². The number of non-ortho nitro benzene ring substituents is 1. The summed E-state index contributed by atoms with van der Waals surface area (Å²) in [5.74, 6) is 0.0545. The quantitative estimate of drug-likeness (QED) is 0.480. The number of benzene rings is 1. The zero-order valence-electron chi connectivity index (χ0n) is 11.9. The van der Waals surface area contributed by atoms with E-state index in [-0.39, 0.29) is 23.6 Å². The van der Waals surface area contributed by atoms with Crippen molar-refractivity contribution in [2.45, 2.75) is 27.4 Å². The van der Waals surface area contributed by atoms with Crippen molar-refractivity contribution >= 4 is 22.8 Å². The summed E-state index contributed by atoms with van der Waals surface area (Å²) in [4.78, 5) is 27.3. The van der Waals surface area contributed by atoms with E-state index in [1.807, 2.05) is 13.8 Å². The number of ether oxygens (including phenoxy) is 1.